The second-order valence-corrected chi connectivity index (χ2v) is 4.44. The van der Waals surface area contributed by atoms with Gasteiger partial charge in [-0.3, -0.25) is 9.59 Å². The number of carbonyl (C=O) groups excluding carboxylic acids is 2. The van der Waals surface area contributed by atoms with E-state index in [1.807, 2.05) is 10.6 Å². The van der Waals surface area contributed by atoms with Crippen molar-refractivity contribution in [3.8, 4) is 6.07 Å². The fourth-order valence-electron chi connectivity index (χ4n) is 1.21. The van der Waals surface area contributed by atoms with Gasteiger partial charge in [0, 0.05) is 10.2 Å². The van der Waals surface area contributed by atoms with Crippen LogP contribution in [-0.2, 0) is 15.8 Å². The number of anilines is 1. The molecule has 0 spiro atoms. The Morgan fingerprint density at radius 3 is 2.45 bits per heavy atom. The first kappa shape index (κ1) is 16.0. The number of nitriles is 1. The van der Waals surface area contributed by atoms with Gasteiger partial charge in [0.1, 0.15) is 6.54 Å². The SMILES string of the molecule is N#CCNC(=O)C(=O)Nc1cc(Br)cc(C(F)(F)F)c1. The quantitative estimate of drug-likeness (QED) is 0.633. The van der Waals surface area contributed by atoms with Crippen LogP contribution in [0.3, 0.4) is 0 Å². The molecule has 0 radical (unpaired) electrons. The molecule has 0 bridgehead atoms. The van der Waals surface area contributed by atoms with Crippen LogP contribution in [0.1, 0.15) is 5.56 Å². The van der Waals surface area contributed by atoms with Crippen LogP contribution >= 0.6 is 15.9 Å². The van der Waals surface area contributed by atoms with E-state index in [1.54, 1.807) is 6.07 Å². The van der Waals surface area contributed by atoms with E-state index in [0.29, 0.717) is 6.07 Å². The summed E-state index contributed by atoms with van der Waals surface area (Å²) in [7, 11) is 0. The molecule has 0 saturated heterocycles. The molecule has 9 heteroatoms. The van der Waals surface area contributed by atoms with Crippen molar-refractivity contribution in [2.45, 2.75) is 6.18 Å². The fraction of sp³-hybridized carbons (Fsp3) is 0.182. The lowest BCUT2D eigenvalue weighted by atomic mass is 10.2. The van der Waals surface area contributed by atoms with E-state index in [0.717, 1.165) is 6.07 Å². The monoisotopic (exact) mass is 349 g/mol. The molecule has 2 amide bonds. The Balaban J connectivity index is 2.88. The molecule has 0 heterocycles. The zero-order valence-corrected chi connectivity index (χ0v) is 11.3. The normalized spacial score (nSPS) is 10.6. The van der Waals surface area contributed by atoms with Gasteiger partial charge in [0.25, 0.3) is 0 Å². The molecule has 106 valence electrons. The van der Waals surface area contributed by atoms with Crippen LogP contribution in [0.25, 0.3) is 0 Å². The number of hydrogen-bond acceptors (Lipinski definition) is 3. The van der Waals surface area contributed by atoms with Crippen LogP contribution in [0, 0.1) is 11.3 Å². The third-order valence-electron chi connectivity index (χ3n) is 2.02. The van der Waals surface area contributed by atoms with Crippen molar-refractivity contribution in [2.75, 3.05) is 11.9 Å². The lowest BCUT2D eigenvalue weighted by Gasteiger charge is -2.10. The number of rotatable bonds is 2. The predicted octanol–water partition coefficient (Wildman–Crippen LogP) is 2.05. The van der Waals surface area contributed by atoms with E-state index in [2.05, 4.69) is 15.9 Å². The van der Waals surface area contributed by atoms with E-state index in [1.165, 1.54) is 6.07 Å². The molecule has 0 aliphatic carbocycles. The van der Waals surface area contributed by atoms with Crippen molar-refractivity contribution in [1.29, 1.82) is 5.26 Å². The number of alkyl halides is 3. The summed E-state index contributed by atoms with van der Waals surface area (Å²) in [6, 6.07) is 4.33. The largest absolute Gasteiger partial charge is 0.416 e. The molecule has 1 aromatic rings. The Morgan fingerprint density at radius 1 is 1.25 bits per heavy atom. The molecule has 0 aromatic heterocycles. The zero-order chi connectivity index (χ0) is 15.3. The Kier molecular flexibility index (Phi) is 5.10. The van der Waals surface area contributed by atoms with Gasteiger partial charge in [-0.15, -0.1) is 0 Å². The van der Waals surface area contributed by atoms with Crippen LogP contribution in [0.4, 0.5) is 18.9 Å². The smallest absolute Gasteiger partial charge is 0.335 e. The highest BCUT2D eigenvalue weighted by Gasteiger charge is 2.31. The first-order valence-corrected chi connectivity index (χ1v) is 5.87. The van der Waals surface area contributed by atoms with Gasteiger partial charge in [0.2, 0.25) is 0 Å². The van der Waals surface area contributed by atoms with Gasteiger partial charge in [-0.2, -0.15) is 18.4 Å². The van der Waals surface area contributed by atoms with Crippen molar-refractivity contribution in [1.82, 2.24) is 5.32 Å². The average molecular weight is 350 g/mol. The summed E-state index contributed by atoms with van der Waals surface area (Å²) >= 11 is 2.88. The van der Waals surface area contributed by atoms with Crippen LogP contribution in [0.15, 0.2) is 22.7 Å². The van der Waals surface area contributed by atoms with E-state index in [9.17, 15) is 22.8 Å². The minimum Gasteiger partial charge on any atom is -0.335 e. The summed E-state index contributed by atoms with van der Waals surface area (Å²) in [4.78, 5) is 22.5. The second kappa shape index (κ2) is 6.38. The van der Waals surface area contributed by atoms with E-state index >= 15 is 0 Å². The minimum absolute atomic E-state index is 0.0973. The van der Waals surface area contributed by atoms with E-state index < -0.39 is 23.6 Å². The number of hydrogen-bond donors (Lipinski definition) is 2. The summed E-state index contributed by atoms with van der Waals surface area (Å²) in [6.07, 6.45) is -4.58. The van der Waals surface area contributed by atoms with Crippen molar-refractivity contribution in [3.05, 3.63) is 28.2 Å². The van der Waals surface area contributed by atoms with Crippen LogP contribution < -0.4 is 10.6 Å². The summed E-state index contributed by atoms with van der Waals surface area (Å²) in [6.45, 7) is -0.376. The fourth-order valence-corrected chi connectivity index (χ4v) is 1.71. The van der Waals surface area contributed by atoms with Gasteiger partial charge in [0.15, 0.2) is 0 Å². The maximum absolute atomic E-state index is 12.6. The predicted molar refractivity (Wildman–Crippen MR) is 66.4 cm³/mol. The molecule has 2 N–H and O–H groups in total. The minimum atomic E-state index is -4.58. The van der Waals surface area contributed by atoms with E-state index in [4.69, 9.17) is 5.26 Å². The summed E-state index contributed by atoms with van der Waals surface area (Å²) in [5, 5.41) is 12.2. The van der Waals surface area contributed by atoms with Gasteiger partial charge in [-0.25, -0.2) is 0 Å². The number of benzene rings is 1. The molecule has 0 fully saturated rings. The van der Waals surface area contributed by atoms with Crippen LogP contribution in [0.2, 0.25) is 0 Å². The number of nitrogens with one attached hydrogen (secondary N) is 2. The first-order valence-electron chi connectivity index (χ1n) is 5.08. The van der Waals surface area contributed by atoms with Crippen molar-refractivity contribution < 1.29 is 22.8 Å². The van der Waals surface area contributed by atoms with E-state index in [-0.39, 0.29) is 16.7 Å². The molecule has 0 aliphatic heterocycles. The average Bonchev–Trinajstić information content (AvgIpc) is 2.34. The topological polar surface area (TPSA) is 82.0 Å². The van der Waals surface area contributed by atoms with Crippen molar-refractivity contribution >= 4 is 33.4 Å². The molecule has 0 saturated carbocycles. The Labute approximate surface area is 119 Å². The number of halogens is 4. The number of amides is 2. The molecule has 1 rings (SSSR count). The number of carbonyl (C=O) groups is 2. The first-order chi connectivity index (χ1) is 9.24. The van der Waals surface area contributed by atoms with Gasteiger partial charge in [-0.05, 0) is 18.2 Å². The molecule has 1 aromatic carbocycles. The maximum atomic E-state index is 12.6. The molecule has 20 heavy (non-hydrogen) atoms. The third kappa shape index (κ3) is 4.55. The lowest BCUT2D eigenvalue weighted by molar-refractivity contribution is -0.137. The number of nitrogens with zero attached hydrogens (tertiary/aromatic N) is 1. The molecular formula is C11H7BrF3N3O2. The Bertz CT molecular complexity index is 581. The molecule has 5 nitrogen and oxygen atoms in total. The Hall–Kier alpha value is -2.08. The zero-order valence-electron chi connectivity index (χ0n) is 9.71. The molecule has 0 atom stereocenters. The highest BCUT2D eigenvalue weighted by Crippen LogP contribution is 2.33. The van der Waals surface area contributed by atoms with Gasteiger partial charge in [-0.1, -0.05) is 15.9 Å². The summed E-state index contributed by atoms with van der Waals surface area (Å²) < 4.78 is 37.8. The third-order valence-corrected chi connectivity index (χ3v) is 2.48. The highest BCUT2D eigenvalue weighted by molar-refractivity contribution is 9.10. The van der Waals surface area contributed by atoms with Crippen molar-refractivity contribution in [3.63, 3.8) is 0 Å². The van der Waals surface area contributed by atoms with Crippen LogP contribution in [0.5, 0.6) is 0 Å². The summed E-state index contributed by atoms with van der Waals surface area (Å²) in [5.74, 6) is -2.27. The molecular weight excluding hydrogens is 343 g/mol. The Morgan fingerprint density at radius 2 is 1.90 bits per heavy atom. The molecule has 0 unspecified atom stereocenters. The highest BCUT2D eigenvalue weighted by atomic mass is 79.9. The maximum Gasteiger partial charge on any atom is 0.416 e. The van der Waals surface area contributed by atoms with Gasteiger partial charge in [0.05, 0.1) is 11.6 Å². The van der Waals surface area contributed by atoms with Crippen molar-refractivity contribution in [2.24, 2.45) is 0 Å². The molecule has 0 aliphatic rings. The standard InChI is InChI=1S/C11H7BrF3N3O2/c12-7-3-6(11(13,14)15)4-8(5-7)18-10(20)9(19)17-2-1-16/h3-5H,2H2,(H,17,19)(H,18,20). The summed E-state index contributed by atoms with van der Waals surface area (Å²) in [5.41, 5.74) is -1.16. The van der Waals surface area contributed by atoms with Gasteiger partial charge >= 0.3 is 18.0 Å². The van der Waals surface area contributed by atoms with Gasteiger partial charge < -0.3 is 10.6 Å². The lowest BCUT2D eigenvalue weighted by Crippen LogP contribution is -2.35. The van der Waals surface area contributed by atoms with Crippen LogP contribution in [-0.4, -0.2) is 18.4 Å². The second-order valence-electron chi connectivity index (χ2n) is 3.52.